The number of hydrogen-bond donors (Lipinski definition) is 0. The molecule has 1 aromatic rings. The molecule has 1 aliphatic carbocycles. The van der Waals surface area contributed by atoms with Gasteiger partial charge in [0.25, 0.3) is 5.91 Å². The van der Waals surface area contributed by atoms with Crippen molar-refractivity contribution in [1.82, 2.24) is 4.90 Å². The normalized spacial score (nSPS) is 16.1. The Balaban J connectivity index is 1.96. The molecule has 0 N–H and O–H groups in total. The lowest BCUT2D eigenvalue weighted by Crippen LogP contribution is -2.45. The van der Waals surface area contributed by atoms with Crippen molar-refractivity contribution in [1.29, 1.82) is 0 Å². The zero-order valence-corrected chi connectivity index (χ0v) is 14.2. The van der Waals surface area contributed by atoms with E-state index >= 15 is 0 Å². The van der Waals surface area contributed by atoms with Gasteiger partial charge in [-0.05, 0) is 44.0 Å². The molecule has 122 valence electrons. The first kappa shape index (κ1) is 17.1. The second-order valence-corrected chi connectivity index (χ2v) is 8.34. The van der Waals surface area contributed by atoms with Crippen molar-refractivity contribution in [3.63, 3.8) is 0 Å². The summed E-state index contributed by atoms with van der Waals surface area (Å²) in [5.41, 5.74) is 0. The van der Waals surface area contributed by atoms with Gasteiger partial charge in [-0.1, -0.05) is 11.6 Å². The van der Waals surface area contributed by atoms with E-state index in [0.717, 1.165) is 12.8 Å². The molecule has 1 amide bonds. The molecule has 0 radical (unpaired) electrons. The van der Waals surface area contributed by atoms with Crippen LogP contribution < -0.4 is 4.74 Å². The number of rotatable bonds is 7. The molecule has 0 saturated heterocycles. The van der Waals surface area contributed by atoms with Gasteiger partial charge in [-0.25, -0.2) is 8.42 Å². The summed E-state index contributed by atoms with van der Waals surface area (Å²) < 4.78 is 28.3. The Kier molecular flexibility index (Phi) is 5.34. The van der Waals surface area contributed by atoms with Crippen LogP contribution in [-0.2, 0) is 14.6 Å². The minimum absolute atomic E-state index is 0.0316. The number of carbonyl (C=O) groups excluding carboxylic acids is 1. The Morgan fingerprint density at radius 3 is 2.45 bits per heavy atom. The average molecular weight is 346 g/mol. The third kappa shape index (κ3) is 5.18. The highest BCUT2D eigenvalue weighted by molar-refractivity contribution is 7.90. The average Bonchev–Trinajstić information content (AvgIpc) is 3.20. The van der Waals surface area contributed by atoms with Crippen LogP contribution in [0.5, 0.6) is 5.75 Å². The molecule has 7 heteroatoms. The standard InChI is InChI=1S/C15H20ClNO4S/c1-11(10-22(2,19)20)17(13-5-6-13)15(18)9-21-14-7-3-12(16)4-8-14/h3-4,7-8,11,13H,5-6,9-10H2,1-2H3. The van der Waals surface area contributed by atoms with Crippen LogP contribution in [-0.4, -0.2) is 49.9 Å². The van der Waals surface area contributed by atoms with Gasteiger partial charge in [0.2, 0.25) is 0 Å². The third-order valence-electron chi connectivity index (χ3n) is 3.42. The number of nitrogens with zero attached hydrogens (tertiary/aromatic N) is 1. The maximum atomic E-state index is 12.4. The van der Waals surface area contributed by atoms with Gasteiger partial charge in [0.1, 0.15) is 15.6 Å². The first-order chi connectivity index (χ1) is 10.3. The van der Waals surface area contributed by atoms with E-state index in [-0.39, 0.29) is 30.4 Å². The number of ether oxygens (including phenoxy) is 1. The van der Waals surface area contributed by atoms with Gasteiger partial charge in [0.15, 0.2) is 6.61 Å². The van der Waals surface area contributed by atoms with E-state index in [1.54, 1.807) is 36.1 Å². The van der Waals surface area contributed by atoms with Gasteiger partial charge < -0.3 is 9.64 Å². The molecule has 1 aromatic carbocycles. The van der Waals surface area contributed by atoms with Crippen LogP contribution in [0.15, 0.2) is 24.3 Å². The molecule has 2 rings (SSSR count). The molecule has 0 bridgehead atoms. The second kappa shape index (κ2) is 6.87. The predicted octanol–water partition coefficient (Wildman–Crippen LogP) is 2.14. The van der Waals surface area contributed by atoms with Crippen LogP contribution in [0.2, 0.25) is 5.02 Å². The number of hydrogen-bond acceptors (Lipinski definition) is 4. The summed E-state index contributed by atoms with van der Waals surface area (Å²) in [5.74, 6) is 0.341. The summed E-state index contributed by atoms with van der Waals surface area (Å²) in [4.78, 5) is 14.0. The minimum atomic E-state index is -3.13. The SMILES string of the molecule is CC(CS(C)(=O)=O)N(C(=O)COc1ccc(Cl)cc1)C1CC1. The Labute approximate surface area is 136 Å². The molecule has 1 fully saturated rings. The van der Waals surface area contributed by atoms with E-state index < -0.39 is 9.84 Å². The fraction of sp³-hybridized carbons (Fsp3) is 0.533. The highest BCUT2D eigenvalue weighted by atomic mass is 35.5. The predicted molar refractivity (Wildman–Crippen MR) is 86.0 cm³/mol. The van der Waals surface area contributed by atoms with Crippen molar-refractivity contribution in [2.75, 3.05) is 18.6 Å². The summed E-state index contributed by atoms with van der Waals surface area (Å²) in [6.45, 7) is 1.66. The van der Waals surface area contributed by atoms with E-state index in [0.29, 0.717) is 10.8 Å². The van der Waals surface area contributed by atoms with Crippen LogP contribution >= 0.6 is 11.6 Å². The Hall–Kier alpha value is -1.27. The number of sulfone groups is 1. The Morgan fingerprint density at radius 1 is 1.36 bits per heavy atom. The quantitative estimate of drug-likeness (QED) is 0.759. The zero-order valence-electron chi connectivity index (χ0n) is 12.7. The number of halogens is 1. The van der Waals surface area contributed by atoms with Crippen molar-refractivity contribution >= 4 is 27.3 Å². The fourth-order valence-electron chi connectivity index (χ4n) is 2.43. The highest BCUT2D eigenvalue weighted by Crippen LogP contribution is 2.29. The van der Waals surface area contributed by atoms with Crippen molar-refractivity contribution < 1.29 is 17.9 Å². The summed E-state index contributed by atoms with van der Waals surface area (Å²) in [7, 11) is -3.13. The van der Waals surface area contributed by atoms with Gasteiger partial charge in [-0.15, -0.1) is 0 Å². The molecule has 0 aliphatic heterocycles. The molecule has 1 aliphatic rings. The maximum Gasteiger partial charge on any atom is 0.261 e. The molecular weight excluding hydrogens is 326 g/mol. The van der Waals surface area contributed by atoms with E-state index in [1.165, 1.54) is 6.26 Å². The molecule has 1 unspecified atom stereocenters. The lowest BCUT2D eigenvalue weighted by Gasteiger charge is -2.28. The monoisotopic (exact) mass is 345 g/mol. The Bertz CT molecular complexity index is 625. The maximum absolute atomic E-state index is 12.4. The van der Waals surface area contributed by atoms with E-state index in [9.17, 15) is 13.2 Å². The van der Waals surface area contributed by atoms with Crippen molar-refractivity contribution in [3.05, 3.63) is 29.3 Å². The van der Waals surface area contributed by atoms with E-state index in [2.05, 4.69) is 0 Å². The van der Waals surface area contributed by atoms with Crippen molar-refractivity contribution in [3.8, 4) is 5.75 Å². The lowest BCUT2D eigenvalue weighted by atomic mass is 10.3. The molecule has 5 nitrogen and oxygen atoms in total. The third-order valence-corrected chi connectivity index (χ3v) is 4.76. The minimum Gasteiger partial charge on any atom is -0.484 e. The number of amides is 1. The topological polar surface area (TPSA) is 63.7 Å². The largest absolute Gasteiger partial charge is 0.484 e. The molecule has 0 spiro atoms. The summed E-state index contributed by atoms with van der Waals surface area (Å²) in [6.07, 6.45) is 3.02. The first-order valence-electron chi connectivity index (χ1n) is 7.13. The van der Waals surface area contributed by atoms with Gasteiger partial charge in [-0.2, -0.15) is 0 Å². The second-order valence-electron chi connectivity index (χ2n) is 5.72. The van der Waals surface area contributed by atoms with Gasteiger partial charge in [-0.3, -0.25) is 4.79 Å². The Morgan fingerprint density at radius 2 is 1.95 bits per heavy atom. The number of benzene rings is 1. The van der Waals surface area contributed by atoms with Crippen LogP contribution in [0.25, 0.3) is 0 Å². The molecule has 1 atom stereocenters. The first-order valence-corrected chi connectivity index (χ1v) is 9.57. The lowest BCUT2D eigenvalue weighted by molar-refractivity contribution is -0.135. The van der Waals surface area contributed by atoms with Crippen LogP contribution in [0, 0.1) is 0 Å². The van der Waals surface area contributed by atoms with E-state index in [4.69, 9.17) is 16.3 Å². The van der Waals surface area contributed by atoms with Gasteiger partial charge in [0, 0.05) is 23.4 Å². The van der Waals surface area contributed by atoms with Crippen LogP contribution in [0.3, 0.4) is 0 Å². The van der Waals surface area contributed by atoms with Gasteiger partial charge >= 0.3 is 0 Å². The molecule has 22 heavy (non-hydrogen) atoms. The molecule has 0 aromatic heterocycles. The van der Waals surface area contributed by atoms with Gasteiger partial charge in [0.05, 0.1) is 5.75 Å². The van der Waals surface area contributed by atoms with Crippen molar-refractivity contribution in [2.24, 2.45) is 0 Å². The van der Waals surface area contributed by atoms with Crippen molar-refractivity contribution in [2.45, 2.75) is 31.8 Å². The van der Waals surface area contributed by atoms with Crippen LogP contribution in [0.1, 0.15) is 19.8 Å². The molecule has 1 saturated carbocycles. The molecular formula is C15H20ClNO4S. The summed E-state index contributed by atoms with van der Waals surface area (Å²) in [6, 6.07) is 6.55. The zero-order chi connectivity index (χ0) is 16.3. The number of carbonyl (C=O) groups is 1. The highest BCUT2D eigenvalue weighted by Gasteiger charge is 2.36. The smallest absolute Gasteiger partial charge is 0.261 e. The summed E-state index contributed by atoms with van der Waals surface area (Å²) in [5, 5.41) is 0.597. The fourth-order valence-corrected chi connectivity index (χ4v) is 3.59. The van der Waals surface area contributed by atoms with Crippen LogP contribution in [0.4, 0.5) is 0 Å². The van der Waals surface area contributed by atoms with E-state index in [1.807, 2.05) is 0 Å². The molecule has 0 heterocycles. The summed E-state index contributed by atoms with van der Waals surface area (Å²) >= 11 is 5.79.